The Balaban J connectivity index is 1.64. The van der Waals surface area contributed by atoms with Crippen LogP contribution < -0.4 is 5.48 Å². The van der Waals surface area contributed by atoms with Gasteiger partial charge in [0, 0.05) is 11.6 Å². The Morgan fingerprint density at radius 3 is 2.17 bits per heavy atom. The first-order valence-electron chi connectivity index (χ1n) is 9.01. The fraction of sp³-hybridized carbons (Fsp3) is 0. The van der Waals surface area contributed by atoms with Crippen LogP contribution in [0.15, 0.2) is 77.3 Å². The number of carboxylic acid groups (broad SMARTS) is 1. The summed E-state index contributed by atoms with van der Waals surface area (Å²) >= 11 is 0. The lowest BCUT2D eigenvalue weighted by atomic mass is 10.0. The quantitative estimate of drug-likeness (QED) is 0.260. The fourth-order valence-electron chi connectivity index (χ4n) is 3.10. The number of hydrogen-bond donors (Lipinski definition) is 3. The van der Waals surface area contributed by atoms with Crippen molar-refractivity contribution in [2.24, 2.45) is 0 Å². The highest BCUT2D eigenvalue weighted by Crippen LogP contribution is 2.31. The normalized spacial score (nSPS) is 11.1. The number of nitrogens with zero attached hydrogens (tertiary/aromatic N) is 1. The number of aromatic nitrogens is 1. The van der Waals surface area contributed by atoms with E-state index in [0.29, 0.717) is 11.3 Å². The van der Waals surface area contributed by atoms with Gasteiger partial charge in [-0.05, 0) is 47.0 Å². The molecule has 30 heavy (non-hydrogen) atoms. The predicted molar refractivity (Wildman–Crippen MR) is 111 cm³/mol. The largest absolute Gasteiger partial charge is 0.478 e. The zero-order valence-corrected chi connectivity index (χ0v) is 15.6. The third-order valence-corrected chi connectivity index (χ3v) is 4.65. The van der Waals surface area contributed by atoms with E-state index in [1.807, 2.05) is 30.3 Å². The smallest absolute Gasteiger partial charge is 0.335 e. The summed E-state index contributed by atoms with van der Waals surface area (Å²) in [5, 5.41) is 22.5. The van der Waals surface area contributed by atoms with E-state index in [4.69, 9.17) is 14.8 Å². The number of fused-ring (bicyclic) bond motifs is 1. The Kier molecular flexibility index (Phi) is 5.11. The van der Waals surface area contributed by atoms with Crippen LogP contribution in [0.4, 0.5) is 0 Å². The first-order chi connectivity index (χ1) is 14.5. The molecule has 0 unspecified atom stereocenters. The SMILES string of the molecule is O=C(/C=C/c1ccc2noc(-c3ccc(-c4ccc(C(=O)O)cc4)cc3)c2c1)NO. The van der Waals surface area contributed by atoms with Crippen LogP contribution in [0.25, 0.3) is 39.4 Å². The van der Waals surface area contributed by atoms with Crippen molar-refractivity contribution in [2.75, 3.05) is 0 Å². The van der Waals surface area contributed by atoms with Crippen molar-refractivity contribution in [1.29, 1.82) is 0 Å². The summed E-state index contributed by atoms with van der Waals surface area (Å²) in [6.07, 6.45) is 2.80. The Labute approximate surface area is 170 Å². The van der Waals surface area contributed by atoms with Gasteiger partial charge in [-0.1, -0.05) is 47.6 Å². The lowest BCUT2D eigenvalue weighted by Crippen LogP contribution is -2.14. The van der Waals surface area contributed by atoms with Crippen molar-refractivity contribution in [3.8, 4) is 22.5 Å². The Morgan fingerprint density at radius 2 is 1.53 bits per heavy atom. The molecule has 0 bridgehead atoms. The zero-order valence-electron chi connectivity index (χ0n) is 15.6. The molecule has 0 aliphatic rings. The molecule has 1 amide bonds. The summed E-state index contributed by atoms with van der Waals surface area (Å²) < 4.78 is 5.53. The van der Waals surface area contributed by atoms with E-state index in [-0.39, 0.29) is 5.56 Å². The van der Waals surface area contributed by atoms with Crippen molar-refractivity contribution in [3.63, 3.8) is 0 Å². The highest BCUT2D eigenvalue weighted by atomic mass is 16.5. The number of amides is 1. The van der Waals surface area contributed by atoms with Crippen molar-refractivity contribution >= 4 is 28.9 Å². The van der Waals surface area contributed by atoms with Crippen molar-refractivity contribution in [2.45, 2.75) is 0 Å². The molecule has 7 heteroatoms. The van der Waals surface area contributed by atoms with Gasteiger partial charge < -0.3 is 9.63 Å². The van der Waals surface area contributed by atoms with Gasteiger partial charge in [0.15, 0.2) is 5.76 Å². The average Bonchev–Trinajstić information content (AvgIpc) is 3.21. The van der Waals surface area contributed by atoms with Gasteiger partial charge in [-0.3, -0.25) is 10.0 Å². The number of carboxylic acids is 1. The number of carbonyl (C=O) groups is 2. The molecule has 0 aliphatic heterocycles. The van der Waals surface area contributed by atoms with Crippen LogP contribution in [0, 0.1) is 0 Å². The molecular weight excluding hydrogens is 384 g/mol. The molecule has 4 rings (SSSR count). The van der Waals surface area contributed by atoms with E-state index in [2.05, 4.69) is 5.16 Å². The molecule has 1 heterocycles. The second-order valence-electron chi connectivity index (χ2n) is 6.56. The first-order valence-corrected chi connectivity index (χ1v) is 9.01. The molecule has 7 nitrogen and oxygen atoms in total. The fourth-order valence-corrected chi connectivity index (χ4v) is 3.10. The minimum Gasteiger partial charge on any atom is -0.478 e. The topological polar surface area (TPSA) is 113 Å². The summed E-state index contributed by atoms with van der Waals surface area (Å²) in [6, 6.07) is 19.8. The predicted octanol–water partition coefficient (Wildman–Crippen LogP) is 4.38. The molecule has 0 saturated heterocycles. The summed E-state index contributed by atoms with van der Waals surface area (Å²) in [6.45, 7) is 0. The molecule has 4 aromatic rings. The van der Waals surface area contributed by atoms with Crippen molar-refractivity contribution < 1.29 is 24.4 Å². The van der Waals surface area contributed by atoms with E-state index in [1.54, 1.807) is 48.0 Å². The summed E-state index contributed by atoms with van der Waals surface area (Å²) in [5.41, 5.74) is 5.90. The molecule has 0 aliphatic carbocycles. The summed E-state index contributed by atoms with van der Waals surface area (Å²) in [4.78, 5) is 22.2. The van der Waals surface area contributed by atoms with Crippen molar-refractivity contribution in [1.82, 2.24) is 10.6 Å². The molecule has 148 valence electrons. The van der Waals surface area contributed by atoms with Crippen LogP contribution >= 0.6 is 0 Å². The van der Waals surface area contributed by atoms with Gasteiger partial charge in [-0.25, -0.2) is 10.3 Å². The maximum absolute atomic E-state index is 11.2. The van der Waals surface area contributed by atoms with Gasteiger partial charge in [0.25, 0.3) is 5.91 Å². The lowest BCUT2D eigenvalue weighted by molar-refractivity contribution is -0.124. The molecule has 0 spiro atoms. The van der Waals surface area contributed by atoms with Crippen LogP contribution in [-0.4, -0.2) is 27.3 Å². The highest BCUT2D eigenvalue weighted by Gasteiger charge is 2.12. The second kappa shape index (κ2) is 8.02. The van der Waals surface area contributed by atoms with Crippen LogP contribution in [-0.2, 0) is 4.79 Å². The van der Waals surface area contributed by atoms with E-state index in [9.17, 15) is 9.59 Å². The lowest BCUT2D eigenvalue weighted by Gasteiger charge is -2.04. The van der Waals surface area contributed by atoms with Gasteiger partial charge in [0.2, 0.25) is 0 Å². The number of aromatic carboxylic acids is 1. The van der Waals surface area contributed by atoms with Gasteiger partial charge in [-0.2, -0.15) is 0 Å². The molecule has 3 aromatic carbocycles. The van der Waals surface area contributed by atoms with Gasteiger partial charge in [0.05, 0.1) is 10.9 Å². The number of rotatable bonds is 5. The third-order valence-electron chi connectivity index (χ3n) is 4.65. The molecule has 3 N–H and O–H groups in total. The molecule has 0 atom stereocenters. The maximum Gasteiger partial charge on any atom is 0.335 e. The van der Waals surface area contributed by atoms with E-state index in [0.717, 1.165) is 27.6 Å². The minimum atomic E-state index is -0.958. The van der Waals surface area contributed by atoms with Crippen LogP contribution in [0.5, 0.6) is 0 Å². The van der Waals surface area contributed by atoms with Gasteiger partial charge in [0.1, 0.15) is 5.52 Å². The van der Waals surface area contributed by atoms with Gasteiger partial charge >= 0.3 is 5.97 Å². The number of carbonyl (C=O) groups excluding carboxylic acids is 1. The van der Waals surface area contributed by atoms with E-state index in [1.165, 1.54) is 6.08 Å². The maximum atomic E-state index is 11.2. The molecule has 0 radical (unpaired) electrons. The van der Waals surface area contributed by atoms with Crippen molar-refractivity contribution in [3.05, 3.63) is 83.9 Å². The van der Waals surface area contributed by atoms with Gasteiger partial charge in [-0.15, -0.1) is 0 Å². The number of hydroxylamine groups is 1. The number of hydrogen-bond acceptors (Lipinski definition) is 5. The summed E-state index contributed by atoms with van der Waals surface area (Å²) in [5.74, 6) is -0.979. The summed E-state index contributed by atoms with van der Waals surface area (Å²) in [7, 11) is 0. The first kappa shape index (κ1) is 19.1. The second-order valence-corrected chi connectivity index (χ2v) is 6.56. The van der Waals surface area contributed by atoms with Crippen LogP contribution in [0.2, 0.25) is 0 Å². The molecule has 1 aromatic heterocycles. The molecule has 0 saturated carbocycles. The minimum absolute atomic E-state index is 0.241. The highest BCUT2D eigenvalue weighted by molar-refractivity contribution is 5.95. The monoisotopic (exact) mass is 400 g/mol. The Hall–Kier alpha value is -4.23. The van der Waals surface area contributed by atoms with Crippen LogP contribution in [0.3, 0.4) is 0 Å². The number of benzene rings is 3. The van der Waals surface area contributed by atoms with Crippen LogP contribution in [0.1, 0.15) is 15.9 Å². The third kappa shape index (κ3) is 3.82. The number of nitrogens with one attached hydrogen (secondary N) is 1. The van der Waals surface area contributed by atoms with E-state index < -0.39 is 11.9 Å². The van der Waals surface area contributed by atoms with E-state index >= 15 is 0 Å². The average molecular weight is 400 g/mol. The Bertz CT molecular complexity index is 1260. The Morgan fingerprint density at radius 1 is 0.900 bits per heavy atom. The zero-order chi connectivity index (χ0) is 21.1. The molecule has 0 fully saturated rings. The standard InChI is InChI=1S/C23H16N2O5/c26-21(24-29)12-2-14-1-11-20-19(13-14)22(30-25-20)17-7-3-15(4-8-17)16-5-9-18(10-6-16)23(27)28/h1-13,29H,(H,24,26)(H,27,28)/b12-2+. The molecular formula is C23H16N2O5.